The first-order valence-electron chi connectivity index (χ1n) is 9.93. The highest BCUT2D eigenvalue weighted by Gasteiger charge is 2.53. The summed E-state index contributed by atoms with van der Waals surface area (Å²) in [6.45, 7) is 3.07. The van der Waals surface area contributed by atoms with Crippen molar-refractivity contribution in [2.75, 3.05) is 18.6 Å². The van der Waals surface area contributed by atoms with Crippen molar-refractivity contribution in [2.45, 2.75) is 44.4 Å². The summed E-state index contributed by atoms with van der Waals surface area (Å²) in [6.07, 6.45) is 1.47. The molecule has 1 aromatic rings. The van der Waals surface area contributed by atoms with E-state index in [1.165, 1.54) is 30.7 Å². The van der Waals surface area contributed by atoms with E-state index in [0.717, 1.165) is 11.3 Å². The number of thioether (sulfide) groups is 1. The number of amides is 2. The normalized spacial score (nSPS) is 20.7. The third-order valence-corrected chi connectivity index (χ3v) is 6.42. The van der Waals surface area contributed by atoms with Crippen LogP contribution in [0.2, 0.25) is 0 Å². The number of ether oxygens (including phenoxy) is 2. The van der Waals surface area contributed by atoms with E-state index in [9.17, 15) is 19.2 Å². The number of carbonyl (C=O) groups excluding carboxylic acids is 4. The topological polar surface area (TPSA) is 163 Å². The Morgan fingerprint density at radius 3 is 2.76 bits per heavy atom. The number of nitrogens with one attached hydrogen (secondary N) is 1. The Bertz CT molecular complexity index is 1010. The summed E-state index contributed by atoms with van der Waals surface area (Å²) >= 11 is 2.50. The highest BCUT2D eigenvalue weighted by molar-refractivity contribution is 8.00. The van der Waals surface area contributed by atoms with Crippen LogP contribution in [0.15, 0.2) is 22.3 Å². The predicted molar refractivity (Wildman–Crippen MR) is 120 cm³/mol. The van der Waals surface area contributed by atoms with E-state index in [0.29, 0.717) is 18.6 Å². The molecule has 178 valence electrons. The van der Waals surface area contributed by atoms with Crippen LogP contribution in [-0.4, -0.2) is 69.9 Å². The van der Waals surface area contributed by atoms with Crippen LogP contribution >= 0.6 is 23.1 Å². The molecule has 0 radical (unpaired) electrons. The van der Waals surface area contributed by atoms with Gasteiger partial charge in [-0.05, 0) is 12.5 Å². The molecular formula is C19H23N5O7S2. The molecule has 3 N–H and O–H groups in total. The van der Waals surface area contributed by atoms with Crippen LogP contribution in [0.4, 0.5) is 5.13 Å². The monoisotopic (exact) mass is 497 g/mol. The molecule has 0 bridgehead atoms. The van der Waals surface area contributed by atoms with Gasteiger partial charge in [0, 0.05) is 24.5 Å². The number of esters is 2. The number of aromatic nitrogens is 1. The summed E-state index contributed by atoms with van der Waals surface area (Å²) in [5, 5.41) is 7.59. The van der Waals surface area contributed by atoms with E-state index in [1.807, 2.05) is 6.92 Å². The maximum atomic E-state index is 12.8. The number of hydrogen-bond acceptors (Lipinski definition) is 12. The van der Waals surface area contributed by atoms with Crippen LogP contribution in [0.1, 0.15) is 32.4 Å². The average Bonchev–Trinajstić information content (AvgIpc) is 3.20. The molecule has 2 aliphatic rings. The molecule has 0 aromatic carbocycles. The number of nitrogens with two attached hydrogens (primary N) is 1. The molecule has 2 aliphatic heterocycles. The molecule has 1 aromatic heterocycles. The van der Waals surface area contributed by atoms with Crippen LogP contribution in [0.25, 0.3) is 0 Å². The summed E-state index contributed by atoms with van der Waals surface area (Å²) < 4.78 is 10.3. The van der Waals surface area contributed by atoms with Crippen molar-refractivity contribution in [3.8, 4) is 0 Å². The Labute approximate surface area is 197 Å². The number of β-lactam (4-membered cyclic amide) rings is 1. The molecule has 2 amide bonds. The van der Waals surface area contributed by atoms with Crippen LogP contribution < -0.4 is 11.1 Å². The van der Waals surface area contributed by atoms with E-state index >= 15 is 0 Å². The lowest BCUT2D eigenvalue weighted by atomic mass is 10.0. The minimum absolute atomic E-state index is 0.0422. The number of nitrogen functional groups attached to an aromatic ring is 1. The Balaban J connectivity index is 1.68. The van der Waals surface area contributed by atoms with Crippen molar-refractivity contribution in [2.24, 2.45) is 5.16 Å². The summed E-state index contributed by atoms with van der Waals surface area (Å²) in [4.78, 5) is 59.5. The van der Waals surface area contributed by atoms with E-state index in [1.54, 1.807) is 11.5 Å². The Morgan fingerprint density at radius 1 is 1.39 bits per heavy atom. The predicted octanol–water partition coefficient (Wildman–Crippen LogP) is 0.592. The second kappa shape index (κ2) is 10.7. The molecule has 14 heteroatoms. The summed E-state index contributed by atoms with van der Waals surface area (Å²) in [5.74, 6) is -2.10. The van der Waals surface area contributed by atoms with Gasteiger partial charge in [0.25, 0.3) is 11.8 Å². The number of hydrogen-bond donors (Lipinski definition) is 2. The first-order valence-corrected chi connectivity index (χ1v) is 11.9. The van der Waals surface area contributed by atoms with Gasteiger partial charge in [0.1, 0.15) is 29.9 Å². The average molecular weight is 498 g/mol. The van der Waals surface area contributed by atoms with Crippen LogP contribution in [-0.2, 0) is 33.5 Å². The number of thiazole rings is 1. The molecule has 0 spiro atoms. The van der Waals surface area contributed by atoms with Crippen molar-refractivity contribution in [3.63, 3.8) is 0 Å². The number of nitrogens with zero attached hydrogens (tertiary/aromatic N) is 3. The molecular weight excluding hydrogens is 474 g/mol. The molecule has 3 atom stereocenters. The van der Waals surface area contributed by atoms with Crippen molar-refractivity contribution in [1.29, 1.82) is 0 Å². The SMILES string of the molecule is CCCC(OC(C)=O)OC(=O)C1=CCS[C@@H]2C(NC(=O)C(=NOC)c3csc(N)n3)C(=O)N12. The van der Waals surface area contributed by atoms with E-state index < -0.39 is 41.5 Å². The van der Waals surface area contributed by atoms with Crippen molar-refractivity contribution >= 4 is 57.7 Å². The highest BCUT2D eigenvalue weighted by atomic mass is 32.2. The van der Waals surface area contributed by atoms with E-state index in [4.69, 9.17) is 20.0 Å². The number of oxime groups is 1. The van der Waals surface area contributed by atoms with Gasteiger partial charge in [0.2, 0.25) is 6.29 Å². The third-order valence-electron chi connectivity index (χ3n) is 4.56. The van der Waals surface area contributed by atoms with Gasteiger partial charge in [0.15, 0.2) is 10.8 Å². The highest BCUT2D eigenvalue weighted by Crippen LogP contribution is 2.38. The molecule has 0 aliphatic carbocycles. The molecule has 33 heavy (non-hydrogen) atoms. The Kier molecular flexibility index (Phi) is 7.92. The zero-order valence-electron chi connectivity index (χ0n) is 18.1. The van der Waals surface area contributed by atoms with Gasteiger partial charge in [-0.1, -0.05) is 12.1 Å². The second-order valence-corrected chi connectivity index (χ2v) is 8.94. The number of carbonyl (C=O) groups is 4. The zero-order valence-corrected chi connectivity index (χ0v) is 19.7. The minimum atomic E-state index is -1.04. The minimum Gasteiger partial charge on any atom is -0.425 e. The first kappa shape index (κ1) is 24.5. The van der Waals surface area contributed by atoms with Crippen LogP contribution in [0.5, 0.6) is 0 Å². The fourth-order valence-corrected chi connectivity index (χ4v) is 4.92. The molecule has 3 rings (SSSR count). The van der Waals surface area contributed by atoms with Crippen molar-refractivity contribution in [3.05, 3.63) is 22.8 Å². The first-order chi connectivity index (χ1) is 15.8. The number of rotatable bonds is 9. The maximum absolute atomic E-state index is 12.8. The van der Waals surface area contributed by atoms with Gasteiger partial charge in [0.05, 0.1) is 0 Å². The zero-order chi connectivity index (χ0) is 24.1. The molecule has 1 fully saturated rings. The van der Waals surface area contributed by atoms with Gasteiger partial charge in [-0.2, -0.15) is 0 Å². The van der Waals surface area contributed by atoms with Crippen molar-refractivity contribution < 1.29 is 33.5 Å². The van der Waals surface area contributed by atoms with Gasteiger partial charge >= 0.3 is 11.9 Å². The number of fused-ring (bicyclic) bond motifs is 1. The fourth-order valence-electron chi connectivity index (χ4n) is 3.17. The smallest absolute Gasteiger partial charge is 0.357 e. The van der Waals surface area contributed by atoms with Gasteiger partial charge in [-0.3, -0.25) is 19.3 Å². The maximum Gasteiger partial charge on any atom is 0.357 e. The van der Waals surface area contributed by atoms with Crippen LogP contribution in [0, 0.1) is 0 Å². The lowest BCUT2D eigenvalue weighted by molar-refractivity contribution is -0.187. The quantitative estimate of drug-likeness (QED) is 0.162. The van der Waals surface area contributed by atoms with E-state index in [2.05, 4.69) is 15.5 Å². The molecule has 12 nitrogen and oxygen atoms in total. The van der Waals surface area contributed by atoms with E-state index in [-0.39, 0.29) is 22.2 Å². The lowest BCUT2D eigenvalue weighted by Gasteiger charge is -2.48. The van der Waals surface area contributed by atoms with Gasteiger partial charge in [-0.25, -0.2) is 9.78 Å². The van der Waals surface area contributed by atoms with Crippen LogP contribution in [0.3, 0.4) is 0 Å². The summed E-state index contributed by atoms with van der Waals surface area (Å²) in [5.41, 5.74) is 5.75. The van der Waals surface area contributed by atoms with Gasteiger partial charge < -0.3 is 25.4 Å². The second-order valence-electron chi connectivity index (χ2n) is 6.90. The molecule has 3 heterocycles. The number of anilines is 1. The van der Waals surface area contributed by atoms with Gasteiger partial charge in [-0.15, -0.1) is 23.1 Å². The fraction of sp³-hybridized carbons (Fsp3) is 0.474. The third kappa shape index (κ3) is 5.45. The lowest BCUT2D eigenvalue weighted by Crippen LogP contribution is -2.70. The van der Waals surface area contributed by atoms with Crippen molar-refractivity contribution in [1.82, 2.24) is 15.2 Å². The standard InChI is InChI=1S/C19H23N5O7S2/c1-4-5-12(30-9(2)25)31-18(28)11-6-7-32-17-14(16(27)24(11)17)22-15(26)13(23-29-3)10-8-33-19(20)21-10/h6,8,12,14,17H,4-5,7H2,1-3H3,(H2,20,21)(H,22,26)/t12?,14?,17-/m1/s1. The Hall–Kier alpha value is -3.13. The largest absolute Gasteiger partial charge is 0.425 e. The molecule has 0 saturated carbocycles. The molecule has 2 unspecified atom stereocenters. The Morgan fingerprint density at radius 2 is 2.15 bits per heavy atom. The molecule has 1 saturated heterocycles. The summed E-state index contributed by atoms with van der Waals surface area (Å²) in [6, 6.07) is -0.892. The summed E-state index contributed by atoms with van der Waals surface area (Å²) in [7, 11) is 1.28.